The highest BCUT2D eigenvalue weighted by Gasteiger charge is 2.28. The lowest BCUT2D eigenvalue weighted by Gasteiger charge is -2.22. The summed E-state index contributed by atoms with van der Waals surface area (Å²) < 4.78 is 3.75. The van der Waals surface area contributed by atoms with E-state index in [1.54, 1.807) is 9.58 Å². The first kappa shape index (κ1) is 17.2. The van der Waals surface area contributed by atoms with Gasteiger partial charge in [0.2, 0.25) is 0 Å². The van der Waals surface area contributed by atoms with E-state index < -0.39 is 0 Å². The van der Waals surface area contributed by atoms with Crippen LogP contribution in [0.25, 0.3) is 11.5 Å². The van der Waals surface area contributed by atoms with Gasteiger partial charge in [0.15, 0.2) is 11.6 Å². The van der Waals surface area contributed by atoms with E-state index in [0.717, 1.165) is 30.2 Å². The van der Waals surface area contributed by atoms with Crippen molar-refractivity contribution in [3.05, 3.63) is 53.5 Å². The molecule has 3 heterocycles. The first-order valence-electron chi connectivity index (χ1n) is 10.0. The van der Waals surface area contributed by atoms with Crippen molar-refractivity contribution in [3.8, 4) is 11.5 Å². The highest BCUT2D eigenvalue weighted by atomic mass is 16.2. The van der Waals surface area contributed by atoms with Gasteiger partial charge in [0.05, 0.1) is 13.1 Å². The molecule has 1 aliphatic heterocycles. The van der Waals surface area contributed by atoms with Crippen molar-refractivity contribution in [1.29, 1.82) is 0 Å². The highest BCUT2D eigenvalue weighted by Crippen LogP contribution is 2.33. The summed E-state index contributed by atoms with van der Waals surface area (Å²) in [5, 5.41) is 9.56. The standard InChI is InChI=1S/C21H24N6O/c1-25-11-12-26-18(21(25)28)13-17(23-26)20-22-19(16-9-5-6-10-16)24-27(20)14-15-7-3-2-4-8-15/h2-4,7-8,13,16H,5-6,9-12,14H2,1H3. The Hall–Kier alpha value is -2.96. The van der Waals surface area contributed by atoms with Gasteiger partial charge >= 0.3 is 0 Å². The topological polar surface area (TPSA) is 68.8 Å². The van der Waals surface area contributed by atoms with Crippen molar-refractivity contribution < 1.29 is 4.79 Å². The van der Waals surface area contributed by atoms with Crippen molar-refractivity contribution in [3.63, 3.8) is 0 Å². The second-order valence-corrected chi connectivity index (χ2v) is 7.78. The largest absolute Gasteiger partial charge is 0.339 e. The van der Waals surface area contributed by atoms with E-state index >= 15 is 0 Å². The Kier molecular flexibility index (Phi) is 4.22. The van der Waals surface area contributed by atoms with Crippen LogP contribution < -0.4 is 0 Å². The number of rotatable bonds is 4. The lowest BCUT2D eigenvalue weighted by Crippen LogP contribution is -2.37. The monoisotopic (exact) mass is 376 g/mol. The van der Waals surface area contributed by atoms with Gasteiger partial charge in [-0.05, 0) is 18.4 Å². The molecule has 7 heteroatoms. The number of hydrogen-bond acceptors (Lipinski definition) is 4. The number of hydrogen-bond donors (Lipinski definition) is 0. The molecule has 1 aromatic carbocycles. The molecule has 28 heavy (non-hydrogen) atoms. The smallest absolute Gasteiger partial charge is 0.271 e. The van der Waals surface area contributed by atoms with Gasteiger partial charge < -0.3 is 4.90 Å². The number of likely N-dealkylation sites (N-methyl/N-ethyl adjacent to an activating group) is 1. The van der Waals surface area contributed by atoms with Gasteiger partial charge in [0, 0.05) is 25.6 Å². The van der Waals surface area contributed by atoms with Gasteiger partial charge in [-0.1, -0.05) is 43.2 Å². The van der Waals surface area contributed by atoms with E-state index in [0.29, 0.717) is 31.2 Å². The third-order valence-electron chi connectivity index (χ3n) is 5.81. The molecule has 0 saturated heterocycles. The Balaban J connectivity index is 1.56. The maximum absolute atomic E-state index is 12.5. The fraction of sp³-hybridized carbons (Fsp3) is 0.429. The SMILES string of the molecule is CN1CCn2nc(-c3nc(C4CCCC4)nn3Cc3ccccc3)cc2C1=O. The number of benzene rings is 1. The van der Waals surface area contributed by atoms with E-state index in [-0.39, 0.29) is 5.91 Å². The Morgan fingerprint density at radius 3 is 2.64 bits per heavy atom. The molecule has 0 spiro atoms. The predicted octanol–water partition coefficient (Wildman–Crippen LogP) is 2.93. The van der Waals surface area contributed by atoms with Crippen molar-refractivity contribution in [2.45, 2.75) is 44.7 Å². The van der Waals surface area contributed by atoms with Crippen LogP contribution in [0.15, 0.2) is 36.4 Å². The van der Waals surface area contributed by atoms with Crippen LogP contribution in [-0.2, 0) is 13.1 Å². The summed E-state index contributed by atoms with van der Waals surface area (Å²) in [5.74, 6) is 2.11. The zero-order valence-corrected chi connectivity index (χ0v) is 16.1. The molecule has 2 aromatic heterocycles. The van der Waals surface area contributed by atoms with E-state index in [4.69, 9.17) is 15.2 Å². The Labute approximate surface area is 164 Å². The molecular weight excluding hydrogens is 352 g/mol. The predicted molar refractivity (Wildman–Crippen MR) is 105 cm³/mol. The Bertz CT molecular complexity index is 999. The van der Waals surface area contributed by atoms with Gasteiger partial charge in [-0.3, -0.25) is 9.48 Å². The summed E-state index contributed by atoms with van der Waals surface area (Å²) in [7, 11) is 1.83. The van der Waals surface area contributed by atoms with Gasteiger partial charge in [0.1, 0.15) is 11.4 Å². The normalized spacial score (nSPS) is 17.3. The van der Waals surface area contributed by atoms with Crippen LogP contribution in [0.2, 0.25) is 0 Å². The summed E-state index contributed by atoms with van der Waals surface area (Å²) in [6.45, 7) is 2.03. The lowest BCUT2D eigenvalue weighted by molar-refractivity contribution is 0.0743. The molecule has 1 aliphatic carbocycles. The Morgan fingerprint density at radius 2 is 1.86 bits per heavy atom. The van der Waals surface area contributed by atoms with Crippen molar-refractivity contribution in [2.75, 3.05) is 13.6 Å². The molecule has 1 fully saturated rings. The second kappa shape index (κ2) is 6.89. The van der Waals surface area contributed by atoms with E-state index in [9.17, 15) is 4.79 Å². The van der Waals surface area contributed by atoms with Crippen LogP contribution >= 0.6 is 0 Å². The molecule has 1 amide bonds. The number of fused-ring (bicyclic) bond motifs is 1. The molecule has 0 atom stereocenters. The van der Waals surface area contributed by atoms with E-state index in [1.807, 2.05) is 36.0 Å². The third kappa shape index (κ3) is 3.00. The highest BCUT2D eigenvalue weighted by molar-refractivity contribution is 5.94. The van der Waals surface area contributed by atoms with E-state index in [1.165, 1.54) is 18.4 Å². The molecule has 0 unspecified atom stereocenters. The minimum absolute atomic E-state index is 0.00939. The summed E-state index contributed by atoms with van der Waals surface area (Å²) in [4.78, 5) is 19.1. The minimum atomic E-state index is 0.00939. The van der Waals surface area contributed by atoms with E-state index in [2.05, 4.69) is 12.1 Å². The molecule has 2 aliphatic rings. The molecule has 7 nitrogen and oxygen atoms in total. The van der Waals surface area contributed by atoms with Crippen LogP contribution in [0, 0.1) is 0 Å². The number of amides is 1. The first-order valence-corrected chi connectivity index (χ1v) is 10.0. The quantitative estimate of drug-likeness (QED) is 0.702. The number of nitrogens with zero attached hydrogens (tertiary/aromatic N) is 6. The molecule has 5 rings (SSSR count). The molecule has 144 valence electrons. The first-order chi connectivity index (χ1) is 13.7. The van der Waals surface area contributed by atoms with Gasteiger partial charge in [-0.15, -0.1) is 0 Å². The zero-order valence-electron chi connectivity index (χ0n) is 16.1. The summed E-state index contributed by atoms with van der Waals surface area (Å²) >= 11 is 0. The average molecular weight is 376 g/mol. The number of aromatic nitrogens is 5. The van der Waals surface area contributed by atoms with Crippen molar-refractivity contribution in [2.24, 2.45) is 0 Å². The Morgan fingerprint density at radius 1 is 1.07 bits per heavy atom. The fourth-order valence-electron chi connectivity index (χ4n) is 4.18. The van der Waals surface area contributed by atoms with Gasteiger partial charge in [-0.2, -0.15) is 10.2 Å². The summed E-state index contributed by atoms with van der Waals surface area (Å²) in [5.41, 5.74) is 2.53. The van der Waals surface area contributed by atoms with Crippen LogP contribution in [0.1, 0.15) is 53.5 Å². The van der Waals surface area contributed by atoms with Crippen LogP contribution in [0.4, 0.5) is 0 Å². The van der Waals surface area contributed by atoms with Crippen LogP contribution in [0.3, 0.4) is 0 Å². The molecular formula is C21H24N6O. The number of carbonyl (C=O) groups is 1. The van der Waals surface area contributed by atoms with Crippen LogP contribution in [0.5, 0.6) is 0 Å². The van der Waals surface area contributed by atoms with Crippen molar-refractivity contribution >= 4 is 5.91 Å². The maximum atomic E-state index is 12.5. The average Bonchev–Trinajstić information content (AvgIpc) is 3.44. The minimum Gasteiger partial charge on any atom is -0.339 e. The fourth-order valence-corrected chi connectivity index (χ4v) is 4.18. The van der Waals surface area contributed by atoms with Gasteiger partial charge in [0.25, 0.3) is 5.91 Å². The third-order valence-corrected chi connectivity index (χ3v) is 5.81. The molecule has 3 aromatic rings. The second-order valence-electron chi connectivity index (χ2n) is 7.78. The van der Waals surface area contributed by atoms with Crippen molar-refractivity contribution in [1.82, 2.24) is 29.4 Å². The molecule has 0 N–H and O–H groups in total. The van der Waals surface area contributed by atoms with Gasteiger partial charge in [-0.25, -0.2) is 9.67 Å². The molecule has 0 radical (unpaired) electrons. The molecule has 0 bridgehead atoms. The zero-order chi connectivity index (χ0) is 19.1. The molecule has 1 saturated carbocycles. The summed E-state index contributed by atoms with van der Waals surface area (Å²) in [6.07, 6.45) is 4.79. The lowest BCUT2D eigenvalue weighted by atomic mass is 10.1. The van der Waals surface area contributed by atoms with Crippen LogP contribution in [-0.4, -0.2) is 48.9 Å². The summed E-state index contributed by atoms with van der Waals surface area (Å²) in [6, 6.07) is 12.1. The maximum Gasteiger partial charge on any atom is 0.271 e. The number of carbonyl (C=O) groups excluding carboxylic acids is 1.